The molecule has 21 heavy (non-hydrogen) atoms. The summed E-state index contributed by atoms with van der Waals surface area (Å²) in [4.78, 5) is 36.1. The maximum atomic E-state index is 12.6. The summed E-state index contributed by atoms with van der Waals surface area (Å²) in [5.41, 5.74) is 0. The molecular weight excluding hydrogens is 272 g/mol. The van der Waals surface area contributed by atoms with Crippen molar-refractivity contribution in [1.82, 2.24) is 10.2 Å². The summed E-state index contributed by atoms with van der Waals surface area (Å²) < 4.78 is 0. The minimum Gasteiger partial charge on any atom is -0.481 e. The van der Waals surface area contributed by atoms with Crippen molar-refractivity contribution in [1.29, 1.82) is 0 Å². The van der Waals surface area contributed by atoms with Gasteiger partial charge in [-0.05, 0) is 12.8 Å². The normalized spacial score (nSPS) is 17.0. The van der Waals surface area contributed by atoms with E-state index < -0.39 is 11.9 Å². The molecule has 0 aliphatic heterocycles. The summed E-state index contributed by atoms with van der Waals surface area (Å²) in [7, 11) is 0. The van der Waals surface area contributed by atoms with Gasteiger partial charge in [0.05, 0.1) is 5.92 Å². The Morgan fingerprint density at radius 2 is 1.86 bits per heavy atom. The van der Waals surface area contributed by atoms with Crippen molar-refractivity contribution in [2.45, 2.75) is 46.0 Å². The Bertz CT molecular complexity index is 378. The molecule has 0 aromatic rings. The molecule has 0 aromatic carbocycles. The van der Waals surface area contributed by atoms with E-state index in [2.05, 4.69) is 5.32 Å². The van der Waals surface area contributed by atoms with E-state index in [-0.39, 0.29) is 24.3 Å². The molecule has 0 aromatic heterocycles. The van der Waals surface area contributed by atoms with Crippen molar-refractivity contribution >= 4 is 17.8 Å². The van der Waals surface area contributed by atoms with Gasteiger partial charge < -0.3 is 15.3 Å². The van der Waals surface area contributed by atoms with E-state index in [1.165, 1.54) is 13.3 Å². The van der Waals surface area contributed by atoms with Crippen LogP contribution in [0.5, 0.6) is 0 Å². The van der Waals surface area contributed by atoms with Crippen LogP contribution in [0.15, 0.2) is 0 Å². The Hall–Kier alpha value is -1.59. The van der Waals surface area contributed by atoms with Crippen LogP contribution >= 0.6 is 0 Å². The van der Waals surface area contributed by atoms with E-state index in [4.69, 9.17) is 5.11 Å². The molecule has 1 saturated carbocycles. The van der Waals surface area contributed by atoms with E-state index in [9.17, 15) is 14.4 Å². The molecule has 2 N–H and O–H groups in total. The summed E-state index contributed by atoms with van der Waals surface area (Å²) in [5, 5.41) is 11.7. The van der Waals surface area contributed by atoms with Crippen molar-refractivity contribution in [2.24, 2.45) is 11.8 Å². The monoisotopic (exact) mass is 298 g/mol. The van der Waals surface area contributed by atoms with Crippen molar-refractivity contribution in [3.05, 3.63) is 0 Å². The van der Waals surface area contributed by atoms with Gasteiger partial charge in [0.1, 0.15) is 0 Å². The zero-order chi connectivity index (χ0) is 15.8. The van der Waals surface area contributed by atoms with Crippen LogP contribution in [-0.4, -0.2) is 47.4 Å². The number of hydrogen-bond donors (Lipinski definition) is 2. The molecule has 1 fully saturated rings. The van der Waals surface area contributed by atoms with E-state index in [0.717, 1.165) is 25.7 Å². The predicted octanol–water partition coefficient (Wildman–Crippen LogP) is 1.25. The summed E-state index contributed by atoms with van der Waals surface area (Å²) >= 11 is 0. The Balaban J connectivity index is 2.62. The molecule has 1 aliphatic carbocycles. The minimum absolute atomic E-state index is 0.0112. The number of aliphatic carboxylic acids is 1. The van der Waals surface area contributed by atoms with Crippen molar-refractivity contribution in [2.75, 3.05) is 19.6 Å². The van der Waals surface area contributed by atoms with E-state index in [1.54, 1.807) is 11.8 Å². The lowest BCUT2D eigenvalue weighted by Gasteiger charge is -2.30. The molecule has 0 saturated heterocycles. The standard InChI is InChI=1S/C15H26N2O4/c1-11(15(20)21)10-17(9-8-16-12(2)18)14(19)13-6-4-3-5-7-13/h11,13H,3-10H2,1-2H3,(H,16,18)(H,20,21). The second-order valence-corrected chi connectivity index (χ2v) is 5.84. The molecule has 120 valence electrons. The number of carboxylic acid groups (broad SMARTS) is 1. The van der Waals surface area contributed by atoms with E-state index in [0.29, 0.717) is 13.1 Å². The molecule has 6 heteroatoms. The quantitative estimate of drug-likeness (QED) is 0.740. The number of amides is 2. The average Bonchev–Trinajstić information content (AvgIpc) is 2.45. The molecular formula is C15H26N2O4. The average molecular weight is 298 g/mol. The molecule has 1 atom stereocenters. The van der Waals surface area contributed by atoms with Gasteiger partial charge in [-0.2, -0.15) is 0 Å². The lowest BCUT2D eigenvalue weighted by molar-refractivity contribution is -0.144. The SMILES string of the molecule is CC(=O)NCCN(CC(C)C(=O)O)C(=O)C1CCCCC1. The van der Waals surface area contributed by atoms with Crippen LogP contribution in [0, 0.1) is 11.8 Å². The molecule has 0 heterocycles. The largest absolute Gasteiger partial charge is 0.481 e. The smallest absolute Gasteiger partial charge is 0.308 e. The molecule has 1 unspecified atom stereocenters. The molecule has 6 nitrogen and oxygen atoms in total. The van der Waals surface area contributed by atoms with Gasteiger partial charge in [0.25, 0.3) is 0 Å². The Kier molecular flexibility index (Phi) is 7.19. The first-order valence-electron chi connectivity index (χ1n) is 7.68. The summed E-state index contributed by atoms with van der Waals surface area (Å²) in [5.74, 6) is -1.61. The van der Waals surface area contributed by atoms with Crippen LogP contribution in [0.3, 0.4) is 0 Å². The second kappa shape index (κ2) is 8.64. The van der Waals surface area contributed by atoms with Gasteiger partial charge in [0.2, 0.25) is 11.8 Å². The van der Waals surface area contributed by atoms with Crippen molar-refractivity contribution < 1.29 is 19.5 Å². The fourth-order valence-electron chi connectivity index (χ4n) is 2.67. The topological polar surface area (TPSA) is 86.7 Å². The van der Waals surface area contributed by atoms with Crippen LogP contribution in [0.25, 0.3) is 0 Å². The lowest BCUT2D eigenvalue weighted by Crippen LogP contribution is -2.44. The highest BCUT2D eigenvalue weighted by Crippen LogP contribution is 2.25. The fraction of sp³-hybridized carbons (Fsp3) is 0.800. The third-order valence-corrected chi connectivity index (χ3v) is 3.94. The first kappa shape index (κ1) is 17.5. The number of carbonyl (C=O) groups is 3. The highest BCUT2D eigenvalue weighted by molar-refractivity contribution is 5.80. The Labute approximate surface area is 125 Å². The van der Waals surface area contributed by atoms with Crippen LogP contribution in [0.2, 0.25) is 0 Å². The highest BCUT2D eigenvalue weighted by Gasteiger charge is 2.27. The number of nitrogens with one attached hydrogen (secondary N) is 1. The van der Waals surface area contributed by atoms with Crippen LogP contribution < -0.4 is 5.32 Å². The maximum absolute atomic E-state index is 12.6. The molecule has 0 bridgehead atoms. The number of nitrogens with zero attached hydrogens (tertiary/aromatic N) is 1. The van der Waals surface area contributed by atoms with E-state index in [1.807, 2.05) is 0 Å². The first-order valence-corrected chi connectivity index (χ1v) is 7.68. The molecule has 0 radical (unpaired) electrons. The fourth-order valence-corrected chi connectivity index (χ4v) is 2.67. The number of rotatable bonds is 7. The van der Waals surface area contributed by atoms with E-state index >= 15 is 0 Å². The van der Waals surface area contributed by atoms with Gasteiger partial charge in [0, 0.05) is 32.5 Å². The summed E-state index contributed by atoms with van der Waals surface area (Å²) in [6, 6.07) is 0. The lowest BCUT2D eigenvalue weighted by atomic mass is 9.88. The number of hydrogen-bond acceptors (Lipinski definition) is 3. The summed E-state index contributed by atoms with van der Waals surface area (Å²) in [6.45, 7) is 3.95. The zero-order valence-electron chi connectivity index (χ0n) is 12.9. The third-order valence-electron chi connectivity index (χ3n) is 3.94. The number of carbonyl (C=O) groups excluding carboxylic acids is 2. The molecule has 2 amide bonds. The van der Waals surface area contributed by atoms with Crippen LogP contribution in [0.1, 0.15) is 46.0 Å². The van der Waals surface area contributed by atoms with Gasteiger partial charge in [-0.1, -0.05) is 26.2 Å². The molecule has 1 aliphatic rings. The Morgan fingerprint density at radius 3 is 2.38 bits per heavy atom. The third kappa shape index (κ3) is 6.14. The molecule has 1 rings (SSSR count). The molecule has 0 spiro atoms. The van der Waals surface area contributed by atoms with Gasteiger partial charge in [-0.3, -0.25) is 14.4 Å². The van der Waals surface area contributed by atoms with Gasteiger partial charge >= 0.3 is 5.97 Å². The number of carboxylic acids is 1. The Morgan fingerprint density at radius 1 is 1.24 bits per heavy atom. The van der Waals surface area contributed by atoms with Crippen molar-refractivity contribution in [3.8, 4) is 0 Å². The summed E-state index contributed by atoms with van der Waals surface area (Å²) in [6.07, 6.45) is 5.06. The van der Waals surface area contributed by atoms with Gasteiger partial charge in [-0.15, -0.1) is 0 Å². The van der Waals surface area contributed by atoms with Crippen LogP contribution in [0.4, 0.5) is 0 Å². The minimum atomic E-state index is -0.907. The zero-order valence-corrected chi connectivity index (χ0v) is 12.9. The first-order chi connectivity index (χ1) is 9.91. The second-order valence-electron chi connectivity index (χ2n) is 5.84. The van der Waals surface area contributed by atoms with Crippen LogP contribution in [-0.2, 0) is 14.4 Å². The maximum Gasteiger partial charge on any atom is 0.308 e. The van der Waals surface area contributed by atoms with Gasteiger partial charge in [0.15, 0.2) is 0 Å². The predicted molar refractivity (Wildman–Crippen MR) is 78.6 cm³/mol. The highest BCUT2D eigenvalue weighted by atomic mass is 16.4. The van der Waals surface area contributed by atoms with Gasteiger partial charge in [-0.25, -0.2) is 0 Å². The van der Waals surface area contributed by atoms with Crippen molar-refractivity contribution in [3.63, 3.8) is 0 Å².